The summed E-state index contributed by atoms with van der Waals surface area (Å²) in [5.41, 5.74) is 7.07. The zero-order chi connectivity index (χ0) is 13.9. The summed E-state index contributed by atoms with van der Waals surface area (Å²) in [6.45, 7) is 5.24. The monoisotopic (exact) mass is 275 g/mol. The first kappa shape index (κ1) is 13.4. The van der Waals surface area contributed by atoms with Crippen LogP contribution < -0.4 is 5.73 Å². The molecule has 0 aliphatic carbocycles. The lowest BCUT2D eigenvalue weighted by molar-refractivity contribution is 0.0185. The molecule has 3 rings (SSSR count). The van der Waals surface area contributed by atoms with Crippen molar-refractivity contribution in [3.8, 4) is 0 Å². The molecule has 20 heavy (non-hydrogen) atoms. The Morgan fingerprint density at radius 2 is 1.85 bits per heavy atom. The quantitative estimate of drug-likeness (QED) is 0.812. The lowest BCUT2D eigenvalue weighted by Crippen LogP contribution is -2.45. The number of morpholine rings is 1. The number of nitrogen functional groups attached to an aromatic ring is 1. The van der Waals surface area contributed by atoms with Crippen molar-refractivity contribution in [3.63, 3.8) is 0 Å². The molecule has 1 atom stereocenters. The molecule has 2 saturated heterocycles. The Bertz CT molecular complexity index is 469. The standard InChI is InChI=1S/C15H21N3O2/c16-13-3-1-12(2-4-13)15(19)18-6-5-14(11-18)17-7-9-20-10-8-17/h1-4,14H,5-11,16H2. The van der Waals surface area contributed by atoms with Crippen LogP contribution in [-0.2, 0) is 4.74 Å². The summed E-state index contributed by atoms with van der Waals surface area (Å²) in [6, 6.07) is 7.65. The summed E-state index contributed by atoms with van der Waals surface area (Å²) in [5.74, 6) is 0.112. The highest BCUT2D eigenvalue weighted by atomic mass is 16.5. The molecule has 0 aromatic heterocycles. The molecule has 1 aromatic carbocycles. The van der Waals surface area contributed by atoms with Gasteiger partial charge in [-0.15, -0.1) is 0 Å². The molecular weight excluding hydrogens is 254 g/mol. The highest BCUT2D eigenvalue weighted by Crippen LogP contribution is 2.19. The Hall–Kier alpha value is -1.59. The van der Waals surface area contributed by atoms with Crippen molar-refractivity contribution < 1.29 is 9.53 Å². The van der Waals surface area contributed by atoms with E-state index in [2.05, 4.69) is 4.90 Å². The number of benzene rings is 1. The maximum atomic E-state index is 12.4. The van der Waals surface area contributed by atoms with Crippen LogP contribution in [0.3, 0.4) is 0 Å². The fourth-order valence-corrected chi connectivity index (χ4v) is 2.98. The van der Waals surface area contributed by atoms with Gasteiger partial charge in [-0.1, -0.05) is 0 Å². The van der Waals surface area contributed by atoms with Crippen LogP contribution in [0.25, 0.3) is 0 Å². The van der Waals surface area contributed by atoms with Crippen LogP contribution in [-0.4, -0.2) is 61.1 Å². The Morgan fingerprint density at radius 3 is 2.55 bits per heavy atom. The first-order valence-corrected chi connectivity index (χ1v) is 7.20. The van der Waals surface area contributed by atoms with Crippen LogP contribution in [0.15, 0.2) is 24.3 Å². The van der Waals surface area contributed by atoms with Gasteiger partial charge in [-0.2, -0.15) is 0 Å². The van der Waals surface area contributed by atoms with Crippen LogP contribution >= 0.6 is 0 Å². The Labute approximate surface area is 119 Å². The van der Waals surface area contributed by atoms with Crippen LogP contribution in [0.2, 0.25) is 0 Å². The number of amides is 1. The van der Waals surface area contributed by atoms with Crippen LogP contribution in [0.1, 0.15) is 16.8 Å². The van der Waals surface area contributed by atoms with Crippen LogP contribution in [0, 0.1) is 0 Å². The topological polar surface area (TPSA) is 58.8 Å². The molecule has 2 aliphatic rings. The molecule has 2 fully saturated rings. The average Bonchev–Trinajstić information content (AvgIpc) is 2.98. The molecule has 5 nitrogen and oxygen atoms in total. The molecule has 0 radical (unpaired) electrons. The Kier molecular flexibility index (Phi) is 3.89. The molecule has 1 amide bonds. The van der Waals surface area contributed by atoms with Crippen molar-refractivity contribution in [1.82, 2.24) is 9.80 Å². The van der Waals surface area contributed by atoms with Crippen LogP contribution in [0.4, 0.5) is 5.69 Å². The van der Waals surface area contributed by atoms with Gasteiger partial charge in [-0.05, 0) is 30.7 Å². The molecule has 0 bridgehead atoms. The second-order valence-corrected chi connectivity index (χ2v) is 5.46. The molecule has 0 spiro atoms. The fraction of sp³-hybridized carbons (Fsp3) is 0.533. The van der Waals surface area contributed by atoms with E-state index in [4.69, 9.17) is 10.5 Å². The van der Waals surface area contributed by atoms with Crippen molar-refractivity contribution in [1.29, 1.82) is 0 Å². The number of ether oxygens (including phenoxy) is 1. The molecule has 1 aromatic rings. The molecule has 1 unspecified atom stereocenters. The van der Waals surface area contributed by atoms with E-state index < -0.39 is 0 Å². The van der Waals surface area contributed by atoms with Gasteiger partial charge in [0.05, 0.1) is 13.2 Å². The molecule has 5 heteroatoms. The summed E-state index contributed by atoms with van der Waals surface area (Å²) < 4.78 is 5.38. The third-order valence-corrected chi connectivity index (χ3v) is 4.17. The van der Waals surface area contributed by atoms with E-state index in [9.17, 15) is 4.79 Å². The van der Waals surface area contributed by atoms with Gasteiger partial charge >= 0.3 is 0 Å². The Morgan fingerprint density at radius 1 is 1.15 bits per heavy atom. The summed E-state index contributed by atoms with van der Waals surface area (Å²) in [4.78, 5) is 16.8. The van der Waals surface area contributed by atoms with E-state index in [1.165, 1.54) is 0 Å². The second-order valence-electron chi connectivity index (χ2n) is 5.46. The maximum absolute atomic E-state index is 12.4. The number of likely N-dealkylation sites (tertiary alicyclic amines) is 1. The van der Waals surface area contributed by atoms with E-state index in [-0.39, 0.29) is 5.91 Å². The largest absolute Gasteiger partial charge is 0.399 e. The normalized spacial score (nSPS) is 24.0. The molecule has 2 N–H and O–H groups in total. The highest BCUT2D eigenvalue weighted by molar-refractivity contribution is 5.94. The molecule has 108 valence electrons. The molecule has 2 heterocycles. The summed E-state index contributed by atoms with van der Waals surface area (Å²) in [5, 5.41) is 0. The van der Waals surface area contributed by atoms with Gasteiger partial charge in [-0.3, -0.25) is 9.69 Å². The third-order valence-electron chi connectivity index (χ3n) is 4.17. The van der Waals surface area contributed by atoms with Crippen molar-refractivity contribution in [3.05, 3.63) is 29.8 Å². The lowest BCUT2D eigenvalue weighted by atomic mass is 10.2. The van der Waals surface area contributed by atoms with Gasteiger partial charge < -0.3 is 15.4 Å². The first-order valence-electron chi connectivity index (χ1n) is 7.20. The minimum atomic E-state index is 0.112. The van der Waals surface area contributed by atoms with E-state index >= 15 is 0 Å². The zero-order valence-corrected chi connectivity index (χ0v) is 11.6. The fourth-order valence-electron chi connectivity index (χ4n) is 2.98. The SMILES string of the molecule is Nc1ccc(C(=O)N2CCC(N3CCOCC3)C2)cc1. The smallest absolute Gasteiger partial charge is 0.253 e. The van der Waals surface area contributed by atoms with Crippen molar-refractivity contribution in [2.45, 2.75) is 12.5 Å². The van der Waals surface area contributed by atoms with Crippen molar-refractivity contribution in [2.75, 3.05) is 45.1 Å². The van der Waals surface area contributed by atoms with Gasteiger partial charge in [0, 0.05) is 43.5 Å². The second kappa shape index (κ2) is 5.81. The molecular formula is C15H21N3O2. The first-order chi connectivity index (χ1) is 9.74. The lowest BCUT2D eigenvalue weighted by Gasteiger charge is -2.32. The van der Waals surface area contributed by atoms with Gasteiger partial charge in [-0.25, -0.2) is 0 Å². The molecule has 2 aliphatic heterocycles. The summed E-state index contributed by atoms with van der Waals surface area (Å²) in [6.07, 6.45) is 1.06. The average molecular weight is 275 g/mol. The van der Waals surface area contributed by atoms with Gasteiger partial charge in [0.25, 0.3) is 5.91 Å². The maximum Gasteiger partial charge on any atom is 0.253 e. The van der Waals surface area contributed by atoms with E-state index in [1.807, 2.05) is 4.90 Å². The van der Waals surface area contributed by atoms with Gasteiger partial charge in [0.2, 0.25) is 0 Å². The molecule has 0 saturated carbocycles. The number of carbonyl (C=O) groups excluding carboxylic acids is 1. The van der Waals surface area contributed by atoms with E-state index in [1.54, 1.807) is 24.3 Å². The minimum absolute atomic E-state index is 0.112. The predicted molar refractivity (Wildman–Crippen MR) is 77.6 cm³/mol. The number of hydrogen-bond acceptors (Lipinski definition) is 4. The minimum Gasteiger partial charge on any atom is -0.399 e. The number of hydrogen-bond donors (Lipinski definition) is 1. The summed E-state index contributed by atoms with van der Waals surface area (Å²) in [7, 11) is 0. The number of carbonyl (C=O) groups is 1. The van der Waals surface area contributed by atoms with Gasteiger partial charge in [0.1, 0.15) is 0 Å². The highest BCUT2D eigenvalue weighted by Gasteiger charge is 2.31. The zero-order valence-electron chi connectivity index (χ0n) is 11.6. The van der Waals surface area contributed by atoms with E-state index in [0.29, 0.717) is 11.7 Å². The van der Waals surface area contributed by atoms with Crippen molar-refractivity contribution in [2.24, 2.45) is 0 Å². The number of nitrogens with zero attached hydrogens (tertiary/aromatic N) is 2. The van der Waals surface area contributed by atoms with E-state index in [0.717, 1.165) is 51.4 Å². The third kappa shape index (κ3) is 2.78. The summed E-state index contributed by atoms with van der Waals surface area (Å²) >= 11 is 0. The van der Waals surface area contributed by atoms with Crippen molar-refractivity contribution >= 4 is 11.6 Å². The van der Waals surface area contributed by atoms with Gasteiger partial charge in [0.15, 0.2) is 0 Å². The number of anilines is 1. The number of rotatable bonds is 2. The number of nitrogens with two attached hydrogens (primary N) is 1. The predicted octanol–water partition coefficient (Wildman–Crippen LogP) is 0.816. The van der Waals surface area contributed by atoms with Crippen LogP contribution in [0.5, 0.6) is 0 Å². The Balaban J connectivity index is 1.61.